The van der Waals surface area contributed by atoms with Crippen LogP contribution in [-0.2, 0) is 13.6 Å². The Kier molecular flexibility index (Phi) is 8.93. The second-order valence-corrected chi connectivity index (χ2v) is 10.4. The SMILES string of the molecule is CCCP(=O)(OC(C1CCCCC1)C(F)(F)F)OC(C1CCCCC1)C(F)(F)F. The van der Waals surface area contributed by atoms with Crippen LogP contribution in [0, 0.1) is 11.8 Å². The molecule has 2 saturated carbocycles. The fourth-order valence-electron chi connectivity index (χ4n) is 4.45. The highest BCUT2D eigenvalue weighted by molar-refractivity contribution is 7.53. The molecule has 2 rings (SSSR count). The normalized spacial score (nSPS) is 24.8. The summed E-state index contributed by atoms with van der Waals surface area (Å²) in [6.07, 6.45) is -9.73. The van der Waals surface area contributed by atoms with Gasteiger partial charge in [-0.25, -0.2) is 0 Å². The maximum absolute atomic E-state index is 13.7. The van der Waals surface area contributed by atoms with Gasteiger partial charge in [-0.05, 0) is 43.9 Å². The van der Waals surface area contributed by atoms with Crippen molar-refractivity contribution in [2.45, 2.75) is 102 Å². The van der Waals surface area contributed by atoms with Crippen LogP contribution in [0.25, 0.3) is 0 Å². The Morgan fingerprint density at radius 2 is 1.10 bits per heavy atom. The molecule has 10 heteroatoms. The van der Waals surface area contributed by atoms with Gasteiger partial charge in [0.05, 0.1) is 0 Å². The maximum atomic E-state index is 13.7. The summed E-state index contributed by atoms with van der Waals surface area (Å²) in [7, 11) is -4.60. The van der Waals surface area contributed by atoms with E-state index in [4.69, 9.17) is 9.05 Å². The van der Waals surface area contributed by atoms with Crippen molar-refractivity contribution in [1.82, 2.24) is 0 Å². The first kappa shape index (κ1) is 25.0. The number of halogens is 6. The molecular formula is C19H31F6O3P. The van der Waals surface area contributed by atoms with Gasteiger partial charge in [-0.3, -0.25) is 13.6 Å². The molecule has 29 heavy (non-hydrogen) atoms. The summed E-state index contributed by atoms with van der Waals surface area (Å²) < 4.78 is 105. The van der Waals surface area contributed by atoms with E-state index in [1.54, 1.807) is 0 Å². The fraction of sp³-hybridized carbons (Fsp3) is 1.00. The van der Waals surface area contributed by atoms with Crippen molar-refractivity contribution in [3.8, 4) is 0 Å². The molecule has 2 atom stereocenters. The van der Waals surface area contributed by atoms with Gasteiger partial charge in [-0.1, -0.05) is 45.4 Å². The van der Waals surface area contributed by atoms with E-state index < -0.39 is 50.2 Å². The van der Waals surface area contributed by atoms with Gasteiger partial charge in [0.15, 0.2) is 12.2 Å². The van der Waals surface area contributed by atoms with Gasteiger partial charge in [0.1, 0.15) is 0 Å². The van der Waals surface area contributed by atoms with Crippen molar-refractivity contribution in [1.29, 1.82) is 0 Å². The maximum Gasteiger partial charge on any atom is 0.415 e. The summed E-state index contributed by atoms with van der Waals surface area (Å²) in [5, 5.41) is 0. The van der Waals surface area contributed by atoms with Crippen LogP contribution in [0.4, 0.5) is 26.3 Å². The molecule has 0 N–H and O–H groups in total. The number of alkyl halides is 6. The summed E-state index contributed by atoms with van der Waals surface area (Å²) in [5.41, 5.74) is 0. The van der Waals surface area contributed by atoms with Crippen LogP contribution in [0.1, 0.15) is 77.6 Å². The predicted octanol–water partition coefficient (Wildman–Crippen LogP) is 7.65. The topological polar surface area (TPSA) is 35.5 Å². The summed E-state index contributed by atoms with van der Waals surface area (Å²) in [5.74, 6) is -1.81. The highest BCUT2D eigenvalue weighted by Gasteiger charge is 2.53. The van der Waals surface area contributed by atoms with Gasteiger partial charge < -0.3 is 0 Å². The van der Waals surface area contributed by atoms with E-state index in [0.29, 0.717) is 25.7 Å². The number of hydrogen-bond donors (Lipinski definition) is 0. The Morgan fingerprint density at radius 3 is 1.38 bits per heavy atom. The lowest BCUT2D eigenvalue weighted by atomic mass is 9.85. The summed E-state index contributed by atoms with van der Waals surface area (Å²) in [6.45, 7) is 1.53. The molecule has 2 fully saturated rings. The van der Waals surface area contributed by atoms with Crippen LogP contribution >= 0.6 is 7.60 Å². The molecule has 2 unspecified atom stereocenters. The van der Waals surface area contributed by atoms with Crippen LogP contribution in [0.2, 0.25) is 0 Å². The van der Waals surface area contributed by atoms with Gasteiger partial charge in [0, 0.05) is 6.16 Å². The lowest BCUT2D eigenvalue weighted by Crippen LogP contribution is -2.42. The van der Waals surface area contributed by atoms with Crippen molar-refractivity contribution in [2.24, 2.45) is 11.8 Å². The minimum atomic E-state index is -4.81. The van der Waals surface area contributed by atoms with E-state index >= 15 is 0 Å². The Labute approximate surface area is 168 Å². The summed E-state index contributed by atoms with van der Waals surface area (Å²) in [4.78, 5) is 0. The molecule has 2 aliphatic carbocycles. The largest absolute Gasteiger partial charge is 0.415 e. The van der Waals surface area contributed by atoms with Crippen LogP contribution in [-0.4, -0.2) is 30.7 Å². The van der Waals surface area contributed by atoms with E-state index in [9.17, 15) is 30.9 Å². The standard InChI is InChI=1S/C19H31F6O3P/c1-2-13-29(26,27-16(18(20,21)22)14-9-5-3-6-10-14)28-17(19(23,24)25)15-11-7-4-8-12-15/h14-17H,2-13H2,1H3. The Hall–Kier alpha value is -0.270. The molecule has 0 radical (unpaired) electrons. The first-order valence-corrected chi connectivity index (χ1v) is 12.3. The average Bonchev–Trinajstić information content (AvgIpc) is 2.64. The second kappa shape index (κ2) is 10.4. The first-order valence-electron chi connectivity index (χ1n) is 10.6. The Morgan fingerprint density at radius 1 is 0.759 bits per heavy atom. The van der Waals surface area contributed by atoms with Crippen LogP contribution in [0.5, 0.6) is 0 Å². The van der Waals surface area contributed by atoms with Crippen molar-refractivity contribution >= 4 is 7.60 Å². The van der Waals surface area contributed by atoms with Gasteiger partial charge in [0.2, 0.25) is 0 Å². The Balaban J connectivity index is 2.25. The van der Waals surface area contributed by atoms with E-state index in [1.165, 1.54) is 6.92 Å². The van der Waals surface area contributed by atoms with Crippen molar-refractivity contribution < 1.29 is 40.0 Å². The van der Waals surface area contributed by atoms with E-state index in [1.807, 2.05) is 0 Å². The highest BCUT2D eigenvalue weighted by atomic mass is 31.2. The van der Waals surface area contributed by atoms with Crippen molar-refractivity contribution in [3.05, 3.63) is 0 Å². The van der Waals surface area contributed by atoms with Crippen LogP contribution in [0.3, 0.4) is 0 Å². The summed E-state index contributed by atoms with van der Waals surface area (Å²) >= 11 is 0. The van der Waals surface area contributed by atoms with Gasteiger partial charge >= 0.3 is 19.9 Å². The van der Waals surface area contributed by atoms with E-state index in [2.05, 4.69) is 0 Å². The molecule has 172 valence electrons. The third-order valence-electron chi connectivity index (χ3n) is 5.85. The fourth-order valence-corrected chi connectivity index (χ4v) is 6.53. The van der Waals surface area contributed by atoms with E-state index in [0.717, 1.165) is 12.8 Å². The minimum Gasteiger partial charge on any atom is -0.295 e. The number of hydrogen-bond acceptors (Lipinski definition) is 3. The molecule has 0 amide bonds. The zero-order valence-corrected chi connectivity index (χ0v) is 17.6. The minimum absolute atomic E-state index is 0.0990. The van der Waals surface area contributed by atoms with Gasteiger partial charge in [-0.2, -0.15) is 26.3 Å². The lowest BCUT2D eigenvalue weighted by Gasteiger charge is -2.37. The molecule has 0 aromatic heterocycles. The van der Waals surface area contributed by atoms with Gasteiger partial charge in [0.25, 0.3) is 0 Å². The molecule has 0 heterocycles. The zero-order valence-electron chi connectivity index (χ0n) is 16.7. The second-order valence-electron chi connectivity index (χ2n) is 8.27. The molecule has 2 aliphatic rings. The third kappa shape index (κ3) is 7.42. The summed E-state index contributed by atoms with van der Waals surface area (Å²) in [6, 6.07) is 0. The van der Waals surface area contributed by atoms with Crippen LogP contribution < -0.4 is 0 Å². The van der Waals surface area contributed by atoms with Crippen molar-refractivity contribution in [3.63, 3.8) is 0 Å². The first-order chi connectivity index (χ1) is 13.5. The Bertz CT molecular complexity index is 497. The molecular weight excluding hydrogens is 421 g/mol. The van der Waals surface area contributed by atoms with Crippen molar-refractivity contribution in [2.75, 3.05) is 6.16 Å². The van der Waals surface area contributed by atoms with E-state index in [-0.39, 0.29) is 32.1 Å². The zero-order chi connectivity index (χ0) is 21.7. The smallest absolute Gasteiger partial charge is 0.295 e. The quantitative estimate of drug-likeness (QED) is 0.280. The number of rotatable bonds is 8. The molecule has 3 nitrogen and oxygen atoms in total. The molecule has 0 aliphatic heterocycles. The molecule has 0 spiro atoms. The predicted molar refractivity (Wildman–Crippen MR) is 97.8 cm³/mol. The highest BCUT2D eigenvalue weighted by Crippen LogP contribution is 2.57. The average molecular weight is 452 g/mol. The van der Waals surface area contributed by atoms with Crippen LogP contribution in [0.15, 0.2) is 0 Å². The molecule has 0 bridgehead atoms. The molecule has 0 saturated heterocycles. The molecule has 0 aromatic carbocycles. The lowest BCUT2D eigenvalue weighted by molar-refractivity contribution is -0.229. The molecule has 0 aromatic rings. The monoisotopic (exact) mass is 452 g/mol. The van der Waals surface area contributed by atoms with Gasteiger partial charge in [-0.15, -0.1) is 0 Å². The third-order valence-corrected chi connectivity index (χ3v) is 7.94.